The highest BCUT2D eigenvalue weighted by atomic mass is 16.5. The fourth-order valence-electron chi connectivity index (χ4n) is 5.96. The van der Waals surface area contributed by atoms with Crippen molar-refractivity contribution in [2.24, 2.45) is 0 Å². The molecule has 0 fully saturated rings. The summed E-state index contributed by atoms with van der Waals surface area (Å²) in [6.45, 7) is 15.5. The Hall–Kier alpha value is -0.610. The molecule has 0 aromatic carbocycles. The van der Waals surface area contributed by atoms with E-state index in [1.807, 2.05) is 0 Å². The summed E-state index contributed by atoms with van der Waals surface area (Å²) >= 11 is 0. The van der Waals surface area contributed by atoms with Crippen LogP contribution in [0.3, 0.4) is 0 Å². The minimum absolute atomic E-state index is 0.175. The minimum atomic E-state index is -0.294. The van der Waals surface area contributed by atoms with Crippen LogP contribution >= 0.6 is 0 Å². The summed E-state index contributed by atoms with van der Waals surface area (Å²) in [6.07, 6.45) is 34.7. The number of nitrogens with zero attached hydrogens (tertiary/aromatic N) is 1. The molecule has 0 aromatic heterocycles. The Labute approximate surface area is 277 Å². The summed E-state index contributed by atoms with van der Waals surface area (Å²) in [5.74, 6) is 0.324. The van der Waals surface area contributed by atoms with E-state index in [2.05, 4.69) is 46.4 Å². The van der Waals surface area contributed by atoms with Gasteiger partial charge in [0.25, 0.3) is 0 Å². The van der Waals surface area contributed by atoms with Crippen molar-refractivity contribution in [3.05, 3.63) is 0 Å². The predicted molar refractivity (Wildman–Crippen MR) is 194 cm³/mol. The van der Waals surface area contributed by atoms with Crippen LogP contribution in [0.1, 0.15) is 215 Å². The van der Waals surface area contributed by atoms with E-state index in [0.29, 0.717) is 18.9 Å². The van der Waals surface area contributed by atoms with Crippen LogP contribution in [0, 0.1) is 0 Å². The zero-order valence-corrected chi connectivity index (χ0v) is 31.4. The highest BCUT2D eigenvalue weighted by Crippen LogP contribution is 2.21. The van der Waals surface area contributed by atoms with Gasteiger partial charge in [-0.05, 0) is 53.4 Å². The average Bonchev–Trinajstić information content (AvgIpc) is 2.99. The third-order valence-electron chi connectivity index (χ3n) is 9.61. The fourth-order valence-corrected chi connectivity index (χ4v) is 5.96. The van der Waals surface area contributed by atoms with E-state index < -0.39 is 0 Å². The van der Waals surface area contributed by atoms with Crippen LogP contribution in [0.4, 0.5) is 0 Å². The molecule has 0 aliphatic heterocycles. The first kappa shape index (κ1) is 43.4. The van der Waals surface area contributed by atoms with E-state index >= 15 is 0 Å². The number of amides is 1. The number of hydrogen-bond acceptors (Lipinski definition) is 3. The molecule has 0 heterocycles. The van der Waals surface area contributed by atoms with Crippen LogP contribution in [-0.2, 0) is 14.3 Å². The van der Waals surface area contributed by atoms with Gasteiger partial charge in [0.2, 0.25) is 5.91 Å². The van der Waals surface area contributed by atoms with Crippen LogP contribution in [0.25, 0.3) is 0 Å². The Kier molecular flexibility index (Phi) is 29.4. The second kappa shape index (κ2) is 29.8. The van der Waals surface area contributed by atoms with Gasteiger partial charge in [-0.3, -0.25) is 4.79 Å². The molecule has 0 aliphatic carbocycles. The molecule has 1 amide bonds. The lowest BCUT2D eigenvalue weighted by Crippen LogP contribution is -2.35. The number of carbonyl (C=O) groups excluding carboxylic acids is 1. The zero-order valence-electron chi connectivity index (χ0n) is 31.4. The Morgan fingerprint density at radius 3 is 1.18 bits per heavy atom. The van der Waals surface area contributed by atoms with Crippen molar-refractivity contribution >= 4 is 5.91 Å². The van der Waals surface area contributed by atoms with Gasteiger partial charge in [-0.25, -0.2) is 0 Å². The number of rotatable bonds is 34. The highest BCUT2D eigenvalue weighted by molar-refractivity contribution is 5.76. The standard InChI is InChI=1S/C40H81NO3/c1-8-10-12-14-16-18-20-22-24-26-28-30-35-41(36-31-29-27-25-23-21-19-17-15-13-11-9-2)38(42)32-33-40(5,6)44-37-34-39(3,4)43-7/h8-37H2,1-7H3. The maximum Gasteiger partial charge on any atom is 0.222 e. The lowest BCUT2D eigenvalue weighted by atomic mass is 10.0. The van der Waals surface area contributed by atoms with Gasteiger partial charge in [0.05, 0.1) is 17.8 Å². The molecule has 4 nitrogen and oxygen atoms in total. The van der Waals surface area contributed by atoms with Crippen molar-refractivity contribution in [3.63, 3.8) is 0 Å². The van der Waals surface area contributed by atoms with Gasteiger partial charge in [0.1, 0.15) is 0 Å². The number of methoxy groups -OCH3 is 1. The molecule has 0 aromatic rings. The first-order valence-corrected chi connectivity index (χ1v) is 19.6. The summed E-state index contributed by atoms with van der Waals surface area (Å²) in [4.78, 5) is 15.6. The molecule has 44 heavy (non-hydrogen) atoms. The van der Waals surface area contributed by atoms with Crippen molar-refractivity contribution < 1.29 is 14.3 Å². The summed E-state index contributed by atoms with van der Waals surface area (Å²) in [6, 6.07) is 0. The normalized spacial score (nSPS) is 12.2. The van der Waals surface area contributed by atoms with Crippen molar-refractivity contribution in [1.82, 2.24) is 4.90 Å². The summed E-state index contributed by atoms with van der Waals surface area (Å²) in [5.41, 5.74) is -0.470. The van der Waals surface area contributed by atoms with Gasteiger partial charge < -0.3 is 14.4 Å². The van der Waals surface area contributed by atoms with Gasteiger partial charge in [0.15, 0.2) is 0 Å². The molecule has 4 heteroatoms. The molecule has 0 unspecified atom stereocenters. The smallest absolute Gasteiger partial charge is 0.222 e. The molecule has 0 spiro atoms. The molecule has 0 saturated carbocycles. The quantitative estimate of drug-likeness (QED) is 0.0669. The first-order valence-electron chi connectivity index (χ1n) is 19.6. The van der Waals surface area contributed by atoms with E-state index in [9.17, 15) is 4.79 Å². The number of ether oxygens (including phenoxy) is 2. The lowest BCUT2D eigenvalue weighted by Gasteiger charge is -2.30. The van der Waals surface area contributed by atoms with Gasteiger partial charge >= 0.3 is 0 Å². The van der Waals surface area contributed by atoms with E-state index in [1.165, 1.54) is 141 Å². The summed E-state index contributed by atoms with van der Waals surface area (Å²) < 4.78 is 11.7. The highest BCUT2D eigenvalue weighted by Gasteiger charge is 2.24. The maximum absolute atomic E-state index is 13.4. The largest absolute Gasteiger partial charge is 0.379 e. The maximum atomic E-state index is 13.4. The Bertz CT molecular complexity index is 590. The van der Waals surface area contributed by atoms with E-state index in [0.717, 1.165) is 38.8 Å². The monoisotopic (exact) mass is 624 g/mol. The van der Waals surface area contributed by atoms with Crippen LogP contribution in [0.5, 0.6) is 0 Å². The van der Waals surface area contributed by atoms with Crippen LogP contribution in [0.15, 0.2) is 0 Å². The third kappa shape index (κ3) is 28.8. The third-order valence-corrected chi connectivity index (χ3v) is 9.61. The Balaban J connectivity index is 4.38. The van der Waals surface area contributed by atoms with Crippen molar-refractivity contribution in [2.45, 2.75) is 226 Å². The molecular formula is C40H81NO3. The van der Waals surface area contributed by atoms with Crippen molar-refractivity contribution in [3.8, 4) is 0 Å². The average molecular weight is 624 g/mol. The summed E-state index contributed by atoms with van der Waals surface area (Å²) in [7, 11) is 1.76. The number of unbranched alkanes of at least 4 members (excludes halogenated alkanes) is 22. The van der Waals surface area contributed by atoms with Gasteiger partial charge in [0, 0.05) is 26.6 Å². The molecule has 0 aliphatic rings. The summed E-state index contributed by atoms with van der Waals surface area (Å²) in [5, 5.41) is 0. The fraction of sp³-hybridized carbons (Fsp3) is 0.975. The Morgan fingerprint density at radius 1 is 0.500 bits per heavy atom. The lowest BCUT2D eigenvalue weighted by molar-refractivity contribution is -0.133. The van der Waals surface area contributed by atoms with Crippen LogP contribution in [-0.4, -0.2) is 48.8 Å². The first-order chi connectivity index (χ1) is 21.2. The van der Waals surface area contributed by atoms with Gasteiger partial charge in [-0.1, -0.05) is 155 Å². The van der Waals surface area contributed by atoms with E-state index in [1.54, 1.807) is 7.11 Å². The Morgan fingerprint density at radius 2 is 0.841 bits per heavy atom. The van der Waals surface area contributed by atoms with Gasteiger partial charge in [-0.2, -0.15) is 0 Å². The molecule has 0 bridgehead atoms. The zero-order chi connectivity index (χ0) is 32.8. The SMILES string of the molecule is CCCCCCCCCCCCCCN(CCCCCCCCCCCCCC)C(=O)CCC(C)(C)OCCC(C)(C)OC. The topological polar surface area (TPSA) is 38.8 Å². The molecule has 0 N–H and O–H groups in total. The molecule has 0 saturated heterocycles. The molecule has 264 valence electrons. The van der Waals surface area contributed by atoms with E-state index in [4.69, 9.17) is 9.47 Å². The number of hydrogen-bond donors (Lipinski definition) is 0. The van der Waals surface area contributed by atoms with E-state index in [-0.39, 0.29) is 11.2 Å². The number of carbonyl (C=O) groups is 1. The molecule has 0 rings (SSSR count). The van der Waals surface area contributed by atoms with Crippen molar-refractivity contribution in [2.75, 3.05) is 26.8 Å². The van der Waals surface area contributed by atoms with Crippen molar-refractivity contribution in [1.29, 1.82) is 0 Å². The van der Waals surface area contributed by atoms with Gasteiger partial charge in [-0.15, -0.1) is 0 Å². The second-order valence-electron chi connectivity index (χ2n) is 15.0. The predicted octanol–water partition coefficient (Wildman–Crippen LogP) is 12.6. The molecular weight excluding hydrogens is 542 g/mol. The molecule has 0 atom stereocenters. The minimum Gasteiger partial charge on any atom is -0.379 e. The van der Waals surface area contributed by atoms with Crippen LogP contribution in [0.2, 0.25) is 0 Å². The van der Waals surface area contributed by atoms with Crippen LogP contribution < -0.4 is 0 Å². The molecule has 0 radical (unpaired) electrons. The second-order valence-corrected chi connectivity index (χ2v) is 15.0.